The molecule has 0 amide bonds. The van der Waals surface area contributed by atoms with Gasteiger partial charge in [-0.25, -0.2) is 0 Å². The normalized spacial score (nSPS) is 0. The van der Waals surface area contributed by atoms with Crippen molar-refractivity contribution in [3.05, 3.63) is 0 Å². The molecule has 0 fully saturated rings. The Morgan fingerprint density at radius 3 is 0.333 bits per heavy atom. The second-order valence-corrected chi connectivity index (χ2v) is 0. The molecular weight excluding hydrogens is 1070 g/mol. The zero-order valence-electron chi connectivity index (χ0n) is 4.20. The van der Waals surface area contributed by atoms with E-state index in [1.165, 1.54) is 0 Å². The third-order valence-electron chi connectivity index (χ3n) is 0. The van der Waals surface area contributed by atoms with Crippen LogP contribution in [0.1, 0.15) is 0 Å². The summed E-state index contributed by atoms with van der Waals surface area (Å²) < 4.78 is 0. The second kappa shape index (κ2) is 59.0. The van der Waals surface area contributed by atoms with Crippen molar-refractivity contribution in [3.8, 4) is 0 Å². The van der Waals surface area contributed by atoms with Gasteiger partial charge in [0.25, 0.3) is 0 Å². The Bertz CT molecular complexity index is 4.53. The monoisotopic (exact) mass is 1070 g/mol. The predicted molar refractivity (Wildman–Crippen MR) is 51.6 cm³/mol. The maximum absolute atomic E-state index is 0. The van der Waals surface area contributed by atoms with Gasteiger partial charge in [0.2, 0.25) is 0 Å². The summed E-state index contributed by atoms with van der Waals surface area (Å²) in [6, 6.07) is 0. The summed E-state index contributed by atoms with van der Waals surface area (Å²) >= 11 is 0. The third-order valence-corrected chi connectivity index (χ3v) is 0. The fourth-order valence-electron chi connectivity index (χ4n) is 0. The van der Waals surface area contributed by atoms with Crippen molar-refractivity contribution < 1.29 is 21.1 Å². The first-order valence-electron chi connectivity index (χ1n) is 0. The Hall–Kier alpha value is 7.23. The average molecular weight is 1070 g/mol. The minimum atomic E-state index is 0. The van der Waals surface area contributed by atoms with Crippen LogP contribution in [0.15, 0.2) is 0 Å². The molecule has 0 heterocycles. The van der Waals surface area contributed by atoms with Crippen molar-refractivity contribution in [2.24, 2.45) is 0 Å². The molecule has 0 aliphatic rings. The molecule has 0 aliphatic heterocycles. The van der Waals surface area contributed by atoms with Crippen molar-refractivity contribution in [2.75, 3.05) is 0 Å². The molecule has 20 radical (unpaired) electrons. The van der Waals surface area contributed by atoms with Crippen molar-refractivity contribution in [1.29, 1.82) is 0 Å². The standard InChI is InChI=1S/Mo.8Sb.4H. The molecule has 0 aromatic heterocycles. The molecule has 0 bridgehead atoms. The zero-order chi connectivity index (χ0) is 0. The van der Waals surface area contributed by atoms with Crippen molar-refractivity contribution >= 4 is 195 Å². The Morgan fingerprint density at radius 1 is 0.333 bits per heavy atom. The number of rotatable bonds is 0. The number of hydrogen-bond acceptors (Lipinski definition) is 0. The van der Waals surface area contributed by atoms with Gasteiger partial charge >= 0.3 is 97.7 Å². The Labute approximate surface area is 210 Å². The molecule has 50 valence electrons. The molecule has 0 nitrogen and oxygen atoms in total. The molecule has 0 saturated heterocycles. The topological polar surface area (TPSA) is 0 Å². The van der Waals surface area contributed by atoms with E-state index in [4.69, 9.17) is 0 Å². The average Bonchev–Trinajstić information content (AvgIpc) is 0. The maximum atomic E-state index is 0. The largest absolute Gasteiger partial charge is 0 e. The molecule has 9 heteroatoms. The van der Waals surface area contributed by atoms with Crippen LogP contribution < -0.4 is 0 Å². The molecule has 9 heavy (non-hydrogen) atoms. The quantitative estimate of drug-likeness (QED) is 0.217. The van der Waals surface area contributed by atoms with Crippen LogP contribution in [-0.2, 0) is 21.1 Å². The van der Waals surface area contributed by atoms with Crippen LogP contribution in [0.4, 0.5) is 0 Å². The Balaban J connectivity index is 0. The van der Waals surface area contributed by atoms with Gasteiger partial charge in [-0.15, -0.1) is 0 Å². The van der Waals surface area contributed by atoms with E-state index in [1.807, 2.05) is 0 Å². The van der Waals surface area contributed by atoms with E-state index in [-0.39, 0.29) is 216 Å². The van der Waals surface area contributed by atoms with Crippen LogP contribution in [0.2, 0.25) is 0 Å². The van der Waals surface area contributed by atoms with Gasteiger partial charge in [0.05, 0.1) is 0 Å². The second-order valence-electron chi connectivity index (χ2n) is 0. The van der Waals surface area contributed by atoms with Crippen LogP contribution >= 0.6 is 0 Å². The van der Waals surface area contributed by atoms with Crippen LogP contribution in [0.5, 0.6) is 0 Å². The Kier molecular flexibility index (Phi) is 472. The van der Waals surface area contributed by atoms with E-state index >= 15 is 0 Å². The smallest absolute Gasteiger partial charge is 0 e. The molecule has 0 aromatic rings. The first kappa shape index (κ1) is 72.0. The van der Waals surface area contributed by atoms with Gasteiger partial charge in [-0.05, 0) is 0 Å². The molecular formula is H4MoSb8. The molecule has 0 spiro atoms. The van der Waals surface area contributed by atoms with E-state index in [1.54, 1.807) is 0 Å². The molecule has 0 unspecified atom stereocenters. The minimum absolute atomic E-state index is 0. The molecule has 0 atom stereocenters. The van der Waals surface area contributed by atoms with Gasteiger partial charge in [-0.1, -0.05) is 0 Å². The van der Waals surface area contributed by atoms with E-state index in [9.17, 15) is 0 Å². The Morgan fingerprint density at radius 2 is 0.333 bits per heavy atom. The van der Waals surface area contributed by atoms with Gasteiger partial charge < -0.3 is 0 Å². The summed E-state index contributed by atoms with van der Waals surface area (Å²) in [4.78, 5) is 0. The fourth-order valence-corrected chi connectivity index (χ4v) is 0. The maximum Gasteiger partial charge on any atom is 0 e. The molecule has 0 saturated carbocycles. The van der Waals surface area contributed by atoms with Gasteiger partial charge in [0.15, 0.2) is 0 Å². The van der Waals surface area contributed by atoms with Crippen molar-refractivity contribution in [2.45, 2.75) is 0 Å². The first-order chi connectivity index (χ1) is 0. The van der Waals surface area contributed by atoms with Gasteiger partial charge in [0.1, 0.15) is 0 Å². The fraction of sp³-hybridized carbons (Fsp3) is 0. The summed E-state index contributed by atoms with van der Waals surface area (Å²) in [6.45, 7) is 0. The van der Waals surface area contributed by atoms with E-state index < -0.39 is 0 Å². The molecule has 0 rings (SSSR count). The summed E-state index contributed by atoms with van der Waals surface area (Å²) in [5.74, 6) is 0. The van der Waals surface area contributed by atoms with Crippen LogP contribution in [-0.4, -0.2) is 195 Å². The van der Waals surface area contributed by atoms with Gasteiger partial charge in [0, 0.05) is 119 Å². The van der Waals surface area contributed by atoms with Crippen molar-refractivity contribution in [3.63, 3.8) is 0 Å². The van der Waals surface area contributed by atoms with Crippen molar-refractivity contribution in [1.82, 2.24) is 0 Å². The van der Waals surface area contributed by atoms with Crippen LogP contribution in [0.25, 0.3) is 0 Å². The van der Waals surface area contributed by atoms with E-state index in [2.05, 4.69) is 0 Å². The predicted octanol–water partition coefficient (Wildman–Crippen LogP) is -4.12. The summed E-state index contributed by atoms with van der Waals surface area (Å²) in [6.07, 6.45) is 0. The molecule has 0 aromatic carbocycles. The third kappa shape index (κ3) is 51.0. The van der Waals surface area contributed by atoms with E-state index in [0.29, 0.717) is 0 Å². The number of hydrogen-bond donors (Lipinski definition) is 0. The van der Waals surface area contributed by atoms with E-state index in [0.717, 1.165) is 0 Å². The van der Waals surface area contributed by atoms with Gasteiger partial charge in [-0.3, -0.25) is 0 Å². The minimum Gasteiger partial charge on any atom is 0 e. The van der Waals surface area contributed by atoms with Crippen LogP contribution in [0, 0.1) is 0 Å². The SMILES string of the molecule is [Mo].[SbH].[SbH].[SbH].[SbH].[Sb].[Sb].[Sb].[Sb]. The van der Waals surface area contributed by atoms with Crippen LogP contribution in [0.3, 0.4) is 0 Å². The zero-order valence-corrected chi connectivity index (χ0v) is 27.8. The first-order valence-corrected chi connectivity index (χ1v) is 0. The summed E-state index contributed by atoms with van der Waals surface area (Å²) in [7, 11) is 0. The summed E-state index contributed by atoms with van der Waals surface area (Å²) in [5, 5.41) is 0. The molecule has 0 N–H and O–H groups in total. The molecule has 0 aliphatic carbocycles. The summed E-state index contributed by atoms with van der Waals surface area (Å²) in [5.41, 5.74) is 0. The van der Waals surface area contributed by atoms with Gasteiger partial charge in [-0.2, -0.15) is 0 Å².